The van der Waals surface area contributed by atoms with Crippen LogP contribution in [0.1, 0.15) is 0 Å². The topological polar surface area (TPSA) is 0 Å². The predicted octanol–water partition coefficient (Wildman–Crippen LogP) is 1.67. The third-order valence-electron chi connectivity index (χ3n) is 0.821. The van der Waals surface area contributed by atoms with Gasteiger partial charge in [0.15, 0.2) is 0 Å². The van der Waals surface area contributed by atoms with Crippen LogP contribution in [0.25, 0.3) is 0 Å². The molecule has 0 saturated heterocycles. The maximum atomic E-state index is 3.67. The average Bonchev–Trinajstić information content (AvgIpc) is 1.94. The minimum atomic E-state index is 0.870. The number of hydrogen-bond acceptors (Lipinski definition) is 0. The van der Waals surface area contributed by atoms with Gasteiger partial charge in [-0.1, -0.05) is 30.6 Å². The van der Waals surface area contributed by atoms with Crippen molar-refractivity contribution in [3.8, 4) is 11.8 Å². The lowest BCUT2D eigenvalue weighted by Gasteiger charge is -1.75. The van der Waals surface area contributed by atoms with Crippen LogP contribution in [0.4, 0.5) is 0 Å². The molecule has 1 aliphatic carbocycles. The van der Waals surface area contributed by atoms with E-state index in [1.54, 1.807) is 6.08 Å². The van der Waals surface area contributed by atoms with E-state index >= 15 is 0 Å². The lowest BCUT2D eigenvalue weighted by molar-refractivity contribution is 1.84. The molecule has 0 aromatic rings. The van der Waals surface area contributed by atoms with Gasteiger partial charge in [0.1, 0.15) is 0 Å². The van der Waals surface area contributed by atoms with Gasteiger partial charge in [0, 0.05) is 5.57 Å². The van der Waals surface area contributed by atoms with E-state index in [2.05, 4.69) is 18.4 Å². The van der Waals surface area contributed by atoms with Crippen LogP contribution in [0.2, 0.25) is 0 Å². The standard InChI is InChI=1S/C8H6/c1-8-6-4-2-3-5-7-8/h2-4,6H,1H2. The van der Waals surface area contributed by atoms with E-state index in [4.69, 9.17) is 0 Å². The molecule has 0 radical (unpaired) electrons. The zero-order valence-corrected chi connectivity index (χ0v) is 4.52. The highest BCUT2D eigenvalue weighted by Gasteiger charge is 1.77. The second-order valence-corrected chi connectivity index (χ2v) is 1.51. The van der Waals surface area contributed by atoms with Crippen LogP contribution in [-0.2, 0) is 0 Å². The van der Waals surface area contributed by atoms with E-state index in [9.17, 15) is 0 Å². The molecule has 0 heteroatoms. The van der Waals surface area contributed by atoms with Gasteiger partial charge in [0.05, 0.1) is 0 Å². The smallest absolute Gasteiger partial charge is 0.0176 e. The van der Waals surface area contributed by atoms with Crippen molar-refractivity contribution in [3.63, 3.8) is 0 Å². The zero-order valence-electron chi connectivity index (χ0n) is 4.52. The van der Waals surface area contributed by atoms with Gasteiger partial charge in [0.25, 0.3) is 0 Å². The normalized spacial score (nSPS) is 14.8. The van der Waals surface area contributed by atoms with Gasteiger partial charge in [-0.2, -0.15) is 0 Å². The van der Waals surface area contributed by atoms with Crippen LogP contribution < -0.4 is 0 Å². The largest absolute Gasteiger partial charge is 0.0833 e. The Morgan fingerprint density at radius 1 is 1.38 bits per heavy atom. The van der Waals surface area contributed by atoms with Crippen molar-refractivity contribution in [2.45, 2.75) is 0 Å². The summed E-state index contributed by atoms with van der Waals surface area (Å²) in [6, 6.07) is 0. The molecule has 1 rings (SSSR count). The molecule has 1 aliphatic rings. The van der Waals surface area contributed by atoms with Crippen molar-refractivity contribution >= 4 is 0 Å². The summed E-state index contributed by atoms with van der Waals surface area (Å²) in [4.78, 5) is 0. The quantitative estimate of drug-likeness (QED) is 0.408. The minimum absolute atomic E-state index is 0.870. The summed E-state index contributed by atoms with van der Waals surface area (Å²) >= 11 is 0. The predicted molar refractivity (Wildman–Crippen MR) is 35.2 cm³/mol. The van der Waals surface area contributed by atoms with Gasteiger partial charge in [0.2, 0.25) is 0 Å². The Kier molecular flexibility index (Phi) is 1.34. The molecule has 0 unspecified atom stereocenters. The number of rotatable bonds is 0. The van der Waals surface area contributed by atoms with E-state index < -0.39 is 0 Å². The van der Waals surface area contributed by atoms with Crippen LogP contribution in [0.3, 0.4) is 0 Å². The first-order chi connectivity index (χ1) is 3.89. The fraction of sp³-hybridized carbons (Fsp3) is 0. The Hall–Kier alpha value is -1.22. The van der Waals surface area contributed by atoms with Crippen LogP contribution in [-0.4, -0.2) is 0 Å². The van der Waals surface area contributed by atoms with Crippen molar-refractivity contribution in [1.29, 1.82) is 0 Å². The highest BCUT2D eigenvalue weighted by atomic mass is 13.8. The second kappa shape index (κ2) is 2.18. The molecule has 0 fully saturated rings. The zero-order chi connectivity index (χ0) is 5.82. The summed E-state index contributed by atoms with van der Waals surface area (Å²) in [5, 5.41) is 0. The summed E-state index contributed by atoms with van der Waals surface area (Å²) < 4.78 is 0. The summed E-state index contributed by atoms with van der Waals surface area (Å²) in [5.41, 5.74) is 0.870. The second-order valence-electron chi connectivity index (χ2n) is 1.51. The van der Waals surface area contributed by atoms with Crippen LogP contribution in [0.15, 0.2) is 36.5 Å². The fourth-order valence-corrected chi connectivity index (χ4v) is 0.451. The van der Waals surface area contributed by atoms with E-state index in [1.807, 2.05) is 18.2 Å². The van der Waals surface area contributed by atoms with Crippen molar-refractivity contribution in [2.75, 3.05) is 0 Å². The molecular weight excluding hydrogens is 96.1 g/mol. The third kappa shape index (κ3) is 1.13. The van der Waals surface area contributed by atoms with Gasteiger partial charge in [-0.3, -0.25) is 0 Å². The molecule has 0 N–H and O–H groups in total. The molecule has 0 amide bonds. The van der Waals surface area contributed by atoms with Crippen molar-refractivity contribution in [2.24, 2.45) is 0 Å². The molecule has 0 aromatic carbocycles. The highest BCUT2D eigenvalue weighted by Crippen LogP contribution is 1.92. The summed E-state index contributed by atoms with van der Waals surface area (Å²) in [6.45, 7) is 3.67. The van der Waals surface area contributed by atoms with Crippen LogP contribution in [0, 0.1) is 11.8 Å². The molecule has 0 heterocycles. The van der Waals surface area contributed by atoms with E-state index in [0.717, 1.165) is 5.57 Å². The van der Waals surface area contributed by atoms with Crippen molar-refractivity contribution in [1.82, 2.24) is 0 Å². The van der Waals surface area contributed by atoms with Gasteiger partial charge >= 0.3 is 0 Å². The molecule has 0 spiro atoms. The molecule has 0 aliphatic heterocycles. The van der Waals surface area contributed by atoms with Gasteiger partial charge < -0.3 is 0 Å². The third-order valence-corrected chi connectivity index (χ3v) is 0.821. The van der Waals surface area contributed by atoms with Crippen LogP contribution in [0.5, 0.6) is 0 Å². The minimum Gasteiger partial charge on any atom is -0.0833 e. The Bertz CT molecular complexity index is 206. The summed E-state index contributed by atoms with van der Waals surface area (Å²) in [7, 11) is 0. The van der Waals surface area contributed by atoms with Gasteiger partial charge in [-0.25, -0.2) is 0 Å². The monoisotopic (exact) mass is 102 g/mol. The molecule has 0 saturated carbocycles. The Morgan fingerprint density at radius 3 is 3.12 bits per heavy atom. The molecule has 38 valence electrons. The first kappa shape index (κ1) is 4.93. The van der Waals surface area contributed by atoms with E-state index in [-0.39, 0.29) is 0 Å². The molecule has 0 nitrogen and oxygen atoms in total. The summed E-state index contributed by atoms with van der Waals surface area (Å²) in [6.07, 6.45) is 7.49. The highest BCUT2D eigenvalue weighted by molar-refractivity contribution is 5.42. The van der Waals surface area contributed by atoms with Crippen LogP contribution >= 0.6 is 0 Å². The molecule has 0 aromatic heterocycles. The van der Waals surface area contributed by atoms with E-state index in [0.29, 0.717) is 0 Å². The van der Waals surface area contributed by atoms with Gasteiger partial charge in [-0.05, 0) is 12.2 Å². The number of hydrogen-bond donors (Lipinski definition) is 0. The first-order valence-electron chi connectivity index (χ1n) is 2.43. The SMILES string of the molecule is C=C1C#CC=CC=C1. The Morgan fingerprint density at radius 2 is 2.25 bits per heavy atom. The van der Waals surface area contributed by atoms with E-state index in [1.165, 1.54) is 0 Å². The molecule has 8 heavy (non-hydrogen) atoms. The molecule has 0 bridgehead atoms. The maximum absolute atomic E-state index is 3.67. The maximum Gasteiger partial charge on any atom is 0.0176 e. The van der Waals surface area contributed by atoms with Crippen molar-refractivity contribution in [3.05, 3.63) is 36.5 Å². The van der Waals surface area contributed by atoms with Gasteiger partial charge in [-0.15, -0.1) is 0 Å². The average molecular weight is 102 g/mol. The first-order valence-corrected chi connectivity index (χ1v) is 2.43. The lowest BCUT2D eigenvalue weighted by Crippen LogP contribution is -1.60. The molecular formula is C8H6. The van der Waals surface area contributed by atoms with Crippen molar-refractivity contribution < 1.29 is 0 Å². The number of allylic oxidation sites excluding steroid dienone is 5. The Labute approximate surface area is 49.2 Å². The summed E-state index contributed by atoms with van der Waals surface area (Å²) in [5.74, 6) is 5.63. The molecule has 0 atom stereocenters. The Balaban J connectivity index is 2.89. The fourth-order valence-electron chi connectivity index (χ4n) is 0.451. The lowest BCUT2D eigenvalue weighted by atomic mass is 10.3.